The molecule has 1 amide bonds. The molecule has 2 heterocycles. The van der Waals surface area contributed by atoms with E-state index >= 15 is 0 Å². The van der Waals surface area contributed by atoms with Crippen LogP contribution in [0.1, 0.15) is 31.2 Å². The van der Waals surface area contributed by atoms with Gasteiger partial charge in [0, 0.05) is 38.3 Å². The number of hydrogen-bond acceptors (Lipinski definition) is 3. The van der Waals surface area contributed by atoms with Crippen LogP contribution in [0.25, 0.3) is 0 Å². The van der Waals surface area contributed by atoms with Crippen molar-refractivity contribution >= 4 is 5.91 Å². The highest BCUT2D eigenvalue weighted by atomic mass is 16.2. The molecule has 0 aromatic heterocycles. The Labute approximate surface area is 151 Å². The highest BCUT2D eigenvalue weighted by molar-refractivity contribution is 5.79. The molecule has 2 atom stereocenters. The number of likely N-dealkylation sites (tertiary alicyclic amines) is 1. The van der Waals surface area contributed by atoms with Crippen LogP contribution < -0.4 is 0 Å². The van der Waals surface area contributed by atoms with E-state index in [1.165, 1.54) is 18.4 Å². The molecule has 0 N–H and O–H groups in total. The molecule has 0 bridgehead atoms. The standard InChI is InChI=1S/C21H31N3O/c1-22-11-5-8-18(15-22)21(25)24-13-12-23(19-9-10-19)16-20(24)14-17-6-3-2-4-7-17/h2-4,6-7,18-20H,5,8-16H2,1H3. The van der Waals surface area contributed by atoms with Crippen molar-refractivity contribution < 1.29 is 4.79 Å². The first-order chi connectivity index (χ1) is 12.2. The molecule has 1 aromatic rings. The van der Waals surface area contributed by atoms with Crippen molar-refractivity contribution in [3.63, 3.8) is 0 Å². The monoisotopic (exact) mass is 341 g/mol. The van der Waals surface area contributed by atoms with Crippen LogP contribution in [0, 0.1) is 5.92 Å². The SMILES string of the molecule is CN1CCCC(C(=O)N2CCN(C3CC3)CC2Cc2ccccc2)C1. The average molecular weight is 341 g/mol. The van der Waals surface area contributed by atoms with Crippen molar-refractivity contribution in [2.75, 3.05) is 39.8 Å². The number of hydrogen-bond donors (Lipinski definition) is 0. The van der Waals surface area contributed by atoms with Crippen LogP contribution in [0.5, 0.6) is 0 Å². The Morgan fingerprint density at radius 1 is 1.04 bits per heavy atom. The number of nitrogens with zero attached hydrogens (tertiary/aromatic N) is 3. The quantitative estimate of drug-likeness (QED) is 0.840. The van der Waals surface area contributed by atoms with Crippen LogP contribution in [-0.2, 0) is 11.2 Å². The van der Waals surface area contributed by atoms with E-state index in [4.69, 9.17) is 0 Å². The third-order valence-electron chi connectivity index (χ3n) is 6.15. The molecule has 25 heavy (non-hydrogen) atoms. The molecule has 2 saturated heterocycles. The predicted molar refractivity (Wildman–Crippen MR) is 100 cm³/mol. The van der Waals surface area contributed by atoms with E-state index in [-0.39, 0.29) is 5.92 Å². The Balaban J connectivity index is 1.48. The van der Waals surface area contributed by atoms with E-state index in [9.17, 15) is 4.79 Å². The van der Waals surface area contributed by atoms with Gasteiger partial charge in [0.1, 0.15) is 0 Å². The van der Waals surface area contributed by atoms with Gasteiger partial charge in [-0.05, 0) is 51.3 Å². The molecule has 1 saturated carbocycles. The highest BCUT2D eigenvalue weighted by Gasteiger charge is 2.39. The minimum atomic E-state index is 0.199. The number of amides is 1. The summed E-state index contributed by atoms with van der Waals surface area (Å²) in [5, 5.41) is 0. The lowest BCUT2D eigenvalue weighted by atomic mass is 9.94. The van der Waals surface area contributed by atoms with Crippen molar-refractivity contribution in [2.45, 2.75) is 44.2 Å². The molecular formula is C21H31N3O. The Morgan fingerprint density at radius 2 is 1.84 bits per heavy atom. The van der Waals surface area contributed by atoms with Crippen LogP contribution in [-0.4, -0.2) is 72.5 Å². The first-order valence-corrected chi connectivity index (χ1v) is 9.97. The lowest BCUT2D eigenvalue weighted by Crippen LogP contribution is -2.58. The first-order valence-electron chi connectivity index (χ1n) is 9.97. The molecule has 4 heteroatoms. The number of benzene rings is 1. The zero-order chi connectivity index (χ0) is 17.2. The first kappa shape index (κ1) is 17.0. The highest BCUT2D eigenvalue weighted by Crippen LogP contribution is 2.30. The molecule has 3 fully saturated rings. The summed E-state index contributed by atoms with van der Waals surface area (Å²) in [6, 6.07) is 11.8. The van der Waals surface area contributed by atoms with Crippen molar-refractivity contribution in [1.82, 2.24) is 14.7 Å². The minimum Gasteiger partial charge on any atom is -0.337 e. The summed E-state index contributed by atoms with van der Waals surface area (Å²) in [6.07, 6.45) is 5.89. The second-order valence-corrected chi connectivity index (χ2v) is 8.20. The normalized spacial score (nSPS) is 28.9. The second kappa shape index (κ2) is 7.46. The molecule has 136 valence electrons. The van der Waals surface area contributed by atoms with E-state index in [2.05, 4.69) is 52.1 Å². The molecule has 2 aliphatic heterocycles. The van der Waals surface area contributed by atoms with Crippen molar-refractivity contribution in [3.8, 4) is 0 Å². The summed E-state index contributed by atoms with van der Waals surface area (Å²) >= 11 is 0. The molecule has 1 aliphatic carbocycles. The Morgan fingerprint density at radius 3 is 2.56 bits per heavy atom. The van der Waals surface area contributed by atoms with Crippen molar-refractivity contribution in [1.29, 1.82) is 0 Å². The molecule has 4 rings (SSSR count). The number of piperazine rings is 1. The van der Waals surface area contributed by atoms with Gasteiger partial charge in [0.25, 0.3) is 0 Å². The fourth-order valence-electron chi connectivity index (χ4n) is 4.60. The topological polar surface area (TPSA) is 26.8 Å². The zero-order valence-corrected chi connectivity index (χ0v) is 15.4. The minimum absolute atomic E-state index is 0.199. The van der Waals surface area contributed by atoms with E-state index in [0.29, 0.717) is 11.9 Å². The number of rotatable bonds is 4. The van der Waals surface area contributed by atoms with Gasteiger partial charge in [-0.1, -0.05) is 30.3 Å². The van der Waals surface area contributed by atoms with Crippen LogP contribution in [0.2, 0.25) is 0 Å². The van der Waals surface area contributed by atoms with Gasteiger partial charge < -0.3 is 9.80 Å². The molecule has 3 aliphatic rings. The fourth-order valence-corrected chi connectivity index (χ4v) is 4.60. The lowest BCUT2D eigenvalue weighted by Gasteiger charge is -2.44. The summed E-state index contributed by atoms with van der Waals surface area (Å²) in [6.45, 7) is 5.08. The fraction of sp³-hybridized carbons (Fsp3) is 0.667. The summed E-state index contributed by atoms with van der Waals surface area (Å²) in [5.41, 5.74) is 1.35. The summed E-state index contributed by atoms with van der Waals surface area (Å²) < 4.78 is 0. The number of carbonyl (C=O) groups excluding carboxylic acids is 1. The van der Waals surface area contributed by atoms with Gasteiger partial charge >= 0.3 is 0 Å². The number of carbonyl (C=O) groups is 1. The Kier molecular flexibility index (Phi) is 5.09. The van der Waals surface area contributed by atoms with Crippen molar-refractivity contribution in [3.05, 3.63) is 35.9 Å². The maximum atomic E-state index is 13.3. The summed E-state index contributed by atoms with van der Waals surface area (Å²) in [5.74, 6) is 0.604. The van der Waals surface area contributed by atoms with E-state index < -0.39 is 0 Å². The Hall–Kier alpha value is -1.39. The lowest BCUT2D eigenvalue weighted by molar-refractivity contribution is -0.142. The molecule has 1 aromatic carbocycles. The van der Waals surface area contributed by atoms with E-state index in [0.717, 1.165) is 58.0 Å². The Bertz CT molecular complexity index is 586. The largest absolute Gasteiger partial charge is 0.337 e. The third kappa shape index (κ3) is 4.06. The smallest absolute Gasteiger partial charge is 0.227 e. The van der Waals surface area contributed by atoms with Gasteiger partial charge in [-0.15, -0.1) is 0 Å². The molecule has 0 spiro atoms. The second-order valence-electron chi connectivity index (χ2n) is 8.20. The van der Waals surface area contributed by atoms with Crippen LogP contribution in [0.4, 0.5) is 0 Å². The van der Waals surface area contributed by atoms with Gasteiger partial charge in [0.2, 0.25) is 5.91 Å². The average Bonchev–Trinajstić information content (AvgIpc) is 3.47. The molecule has 2 unspecified atom stereocenters. The number of piperidine rings is 1. The summed E-state index contributed by atoms with van der Waals surface area (Å²) in [4.78, 5) is 20.5. The maximum absolute atomic E-state index is 13.3. The van der Waals surface area contributed by atoms with Gasteiger partial charge in [-0.2, -0.15) is 0 Å². The van der Waals surface area contributed by atoms with Gasteiger partial charge in [-0.25, -0.2) is 0 Å². The van der Waals surface area contributed by atoms with Crippen LogP contribution in [0.3, 0.4) is 0 Å². The van der Waals surface area contributed by atoms with Crippen LogP contribution >= 0.6 is 0 Å². The molecular weight excluding hydrogens is 310 g/mol. The zero-order valence-electron chi connectivity index (χ0n) is 15.4. The van der Waals surface area contributed by atoms with Gasteiger partial charge in [0.15, 0.2) is 0 Å². The van der Waals surface area contributed by atoms with E-state index in [1.54, 1.807) is 0 Å². The van der Waals surface area contributed by atoms with Gasteiger partial charge in [-0.3, -0.25) is 9.69 Å². The maximum Gasteiger partial charge on any atom is 0.227 e. The van der Waals surface area contributed by atoms with Crippen LogP contribution in [0.15, 0.2) is 30.3 Å². The van der Waals surface area contributed by atoms with Gasteiger partial charge in [0.05, 0.1) is 5.92 Å². The van der Waals surface area contributed by atoms with Crippen molar-refractivity contribution in [2.24, 2.45) is 5.92 Å². The predicted octanol–water partition coefficient (Wildman–Crippen LogP) is 2.25. The molecule has 0 radical (unpaired) electrons. The van der Waals surface area contributed by atoms with E-state index in [1.807, 2.05) is 0 Å². The molecule has 4 nitrogen and oxygen atoms in total. The third-order valence-corrected chi connectivity index (χ3v) is 6.15. The summed E-state index contributed by atoms with van der Waals surface area (Å²) in [7, 11) is 2.14.